The topological polar surface area (TPSA) is 80.4 Å². The second-order valence-electron chi connectivity index (χ2n) is 5.69. The number of pyridine rings is 1. The van der Waals surface area contributed by atoms with E-state index < -0.39 is 11.5 Å². The highest BCUT2D eigenvalue weighted by atomic mass is 16.5. The molecule has 1 aliphatic rings. The van der Waals surface area contributed by atoms with Crippen LogP contribution in [0.1, 0.15) is 28.8 Å². The van der Waals surface area contributed by atoms with Crippen LogP contribution in [0.2, 0.25) is 0 Å². The van der Waals surface area contributed by atoms with Crippen LogP contribution in [0.5, 0.6) is 5.75 Å². The Bertz CT molecular complexity index is 733. The summed E-state index contributed by atoms with van der Waals surface area (Å²) in [4.78, 5) is 26.0. The highest BCUT2D eigenvalue weighted by molar-refractivity contribution is 5.93. The molecule has 1 aliphatic heterocycles. The van der Waals surface area contributed by atoms with Crippen molar-refractivity contribution in [2.24, 2.45) is 0 Å². The van der Waals surface area contributed by atoms with E-state index >= 15 is 0 Å². The third kappa shape index (κ3) is 4.23. The van der Waals surface area contributed by atoms with E-state index in [2.05, 4.69) is 10.3 Å². The molecule has 0 spiro atoms. The zero-order valence-electron chi connectivity index (χ0n) is 13.3. The lowest BCUT2D eigenvalue weighted by molar-refractivity contribution is 0.0679. The minimum Gasteiger partial charge on any atom is -0.491 e. The third-order valence-corrected chi connectivity index (χ3v) is 3.90. The van der Waals surface area contributed by atoms with Gasteiger partial charge in [-0.2, -0.15) is 0 Å². The van der Waals surface area contributed by atoms with Crippen molar-refractivity contribution in [1.29, 1.82) is 0 Å². The van der Waals surface area contributed by atoms with Gasteiger partial charge in [-0.05, 0) is 42.7 Å². The lowest BCUT2D eigenvalue weighted by atomic mass is 10.2. The first-order valence-electron chi connectivity index (χ1n) is 8.01. The number of H-pyrrole nitrogens is 1. The summed E-state index contributed by atoms with van der Waals surface area (Å²) >= 11 is 0. The van der Waals surface area contributed by atoms with Crippen molar-refractivity contribution < 1.29 is 14.3 Å². The molecule has 1 amide bonds. The monoisotopic (exact) mass is 328 g/mol. The highest BCUT2D eigenvalue weighted by Gasteiger charge is 2.15. The van der Waals surface area contributed by atoms with Crippen LogP contribution in [0.4, 0.5) is 0 Å². The molecule has 0 saturated carbocycles. The van der Waals surface area contributed by atoms with Gasteiger partial charge in [0.1, 0.15) is 17.9 Å². The maximum Gasteiger partial charge on any atom is 0.260 e. The second kappa shape index (κ2) is 7.79. The van der Waals surface area contributed by atoms with Gasteiger partial charge >= 0.3 is 0 Å². The molecule has 0 aliphatic carbocycles. The number of nitrogens with one attached hydrogen (secondary N) is 2. The van der Waals surface area contributed by atoms with Crippen LogP contribution in [-0.2, 0) is 11.3 Å². The van der Waals surface area contributed by atoms with E-state index in [1.807, 2.05) is 24.3 Å². The molecule has 2 aromatic rings. The van der Waals surface area contributed by atoms with E-state index in [4.69, 9.17) is 9.47 Å². The summed E-state index contributed by atoms with van der Waals surface area (Å²) in [5.74, 6) is 0.385. The fourth-order valence-corrected chi connectivity index (χ4v) is 2.55. The van der Waals surface area contributed by atoms with Gasteiger partial charge < -0.3 is 19.8 Å². The van der Waals surface area contributed by atoms with E-state index in [0.29, 0.717) is 13.2 Å². The second-order valence-corrected chi connectivity index (χ2v) is 5.69. The Kier molecular flexibility index (Phi) is 5.28. The molecule has 3 rings (SSSR count). The minimum atomic E-state index is -0.395. The lowest BCUT2D eigenvalue weighted by Gasteiger charge is -2.12. The van der Waals surface area contributed by atoms with Gasteiger partial charge in [0.25, 0.3) is 11.5 Å². The molecule has 1 saturated heterocycles. The van der Waals surface area contributed by atoms with E-state index in [1.54, 1.807) is 6.07 Å². The number of carbonyl (C=O) groups is 1. The Morgan fingerprint density at radius 3 is 2.83 bits per heavy atom. The van der Waals surface area contributed by atoms with Gasteiger partial charge in [0.05, 0.1) is 6.10 Å². The number of ether oxygens (including phenoxy) is 2. The van der Waals surface area contributed by atoms with Crippen molar-refractivity contribution in [1.82, 2.24) is 10.3 Å². The van der Waals surface area contributed by atoms with Crippen LogP contribution < -0.4 is 15.6 Å². The fourth-order valence-electron chi connectivity index (χ4n) is 2.55. The third-order valence-electron chi connectivity index (χ3n) is 3.90. The predicted molar refractivity (Wildman–Crippen MR) is 89.1 cm³/mol. The number of hydrogen-bond donors (Lipinski definition) is 2. The Balaban J connectivity index is 1.50. The maximum atomic E-state index is 12.0. The number of rotatable bonds is 6. The van der Waals surface area contributed by atoms with E-state index in [1.165, 1.54) is 12.3 Å². The van der Waals surface area contributed by atoms with E-state index in [-0.39, 0.29) is 11.7 Å². The standard InChI is InChI=1S/C18H20N2O4/c21-17-16(4-1-9-19-17)18(22)20-11-13-5-7-14(8-6-13)24-12-15-3-2-10-23-15/h1,4-9,15H,2-3,10-12H2,(H,19,21)(H,20,22). The molecule has 1 fully saturated rings. The Morgan fingerprint density at radius 2 is 2.12 bits per heavy atom. The molecule has 0 bridgehead atoms. The number of benzene rings is 1. The van der Waals surface area contributed by atoms with Gasteiger partial charge in [-0.3, -0.25) is 9.59 Å². The van der Waals surface area contributed by atoms with Crippen molar-refractivity contribution in [2.75, 3.05) is 13.2 Å². The van der Waals surface area contributed by atoms with Crippen molar-refractivity contribution in [2.45, 2.75) is 25.5 Å². The van der Waals surface area contributed by atoms with Crippen LogP contribution in [0.15, 0.2) is 47.4 Å². The molecule has 1 aromatic carbocycles. The van der Waals surface area contributed by atoms with Crippen molar-refractivity contribution in [3.8, 4) is 5.75 Å². The summed E-state index contributed by atoms with van der Waals surface area (Å²) in [6.07, 6.45) is 3.82. The molecule has 1 atom stereocenters. The van der Waals surface area contributed by atoms with E-state index in [9.17, 15) is 9.59 Å². The molecule has 1 unspecified atom stereocenters. The largest absolute Gasteiger partial charge is 0.491 e. The summed E-state index contributed by atoms with van der Waals surface area (Å²) in [6, 6.07) is 10.6. The molecule has 6 nitrogen and oxygen atoms in total. The first-order valence-corrected chi connectivity index (χ1v) is 8.01. The number of hydrogen-bond acceptors (Lipinski definition) is 4. The van der Waals surface area contributed by atoms with Crippen LogP contribution in [0.3, 0.4) is 0 Å². The van der Waals surface area contributed by atoms with Crippen molar-refractivity contribution >= 4 is 5.91 Å². The van der Waals surface area contributed by atoms with Crippen LogP contribution in [-0.4, -0.2) is 30.2 Å². The zero-order chi connectivity index (χ0) is 16.8. The quantitative estimate of drug-likeness (QED) is 0.848. The van der Waals surface area contributed by atoms with Gasteiger partial charge in [0.2, 0.25) is 0 Å². The summed E-state index contributed by atoms with van der Waals surface area (Å²) in [5, 5.41) is 2.73. The van der Waals surface area contributed by atoms with Crippen molar-refractivity contribution in [3.63, 3.8) is 0 Å². The lowest BCUT2D eigenvalue weighted by Crippen LogP contribution is -2.28. The predicted octanol–water partition coefficient (Wildman–Crippen LogP) is 1.86. The molecular weight excluding hydrogens is 308 g/mol. The number of aromatic nitrogens is 1. The molecule has 24 heavy (non-hydrogen) atoms. The molecule has 2 N–H and O–H groups in total. The highest BCUT2D eigenvalue weighted by Crippen LogP contribution is 2.16. The SMILES string of the molecule is O=C(NCc1ccc(OCC2CCCO2)cc1)c1ccc[nH]c1=O. The van der Waals surface area contributed by atoms with Gasteiger partial charge in [-0.25, -0.2) is 0 Å². The zero-order valence-corrected chi connectivity index (χ0v) is 13.3. The molecular formula is C18H20N2O4. The average molecular weight is 328 g/mol. The number of amides is 1. The maximum absolute atomic E-state index is 12.0. The van der Waals surface area contributed by atoms with Gasteiger partial charge in [0.15, 0.2) is 0 Å². The van der Waals surface area contributed by atoms with Crippen LogP contribution in [0.25, 0.3) is 0 Å². The van der Waals surface area contributed by atoms with Gasteiger partial charge in [0, 0.05) is 19.3 Å². The Hall–Kier alpha value is -2.60. The summed E-state index contributed by atoms with van der Waals surface area (Å²) < 4.78 is 11.2. The first kappa shape index (κ1) is 16.3. The summed E-state index contributed by atoms with van der Waals surface area (Å²) in [6.45, 7) is 1.73. The first-order chi connectivity index (χ1) is 11.7. The number of carbonyl (C=O) groups excluding carboxylic acids is 1. The minimum absolute atomic E-state index is 0.106. The molecule has 2 heterocycles. The van der Waals surface area contributed by atoms with Crippen LogP contribution in [0, 0.1) is 0 Å². The average Bonchev–Trinajstić information content (AvgIpc) is 3.13. The summed E-state index contributed by atoms with van der Waals surface area (Å²) in [7, 11) is 0. The molecule has 6 heteroatoms. The Morgan fingerprint density at radius 1 is 1.29 bits per heavy atom. The van der Waals surface area contributed by atoms with Crippen molar-refractivity contribution in [3.05, 3.63) is 64.1 Å². The van der Waals surface area contributed by atoms with E-state index in [0.717, 1.165) is 30.8 Å². The molecule has 1 aromatic heterocycles. The fraction of sp³-hybridized carbons (Fsp3) is 0.333. The normalized spacial score (nSPS) is 16.8. The van der Waals surface area contributed by atoms with Gasteiger partial charge in [-0.1, -0.05) is 12.1 Å². The number of aromatic amines is 1. The smallest absolute Gasteiger partial charge is 0.260 e. The summed E-state index contributed by atoms with van der Waals surface area (Å²) in [5.41, 5.74) is 0.641. The van der Waals surface area contributed by atoms with Crippen LogP contribution >= 0.6 is 0 Å². The molecule has 0 radical (unpaired) electrons. The van der Waals surface area contributed by atoms with Gasteiger partial charge in [-0.15, -0.1) is 0 Å². The molecule has 126 valence electrons. The Labute approximate surface area is 139 Å².